The Morgan fingerprint density at radius 3 is 2.96 bits per heavy atom. The third kappa shape index (κ3) is 4.34. The van der Waals surface area contributed by atoms with Crippen LogP contribution in [0, 0.1) is 11.7 Å². The molecule has 0 bridgehead atoms. The van der Waals surface area contributed by atoms with Crippen molar-refractivity contribution in [1.82, 2.24) is 15.4 Å². The summed E-state index contributed by atoms with van der Waals surface area (Å²) in [6.07, 6.45) is -1.73. The van der Waals surface area contributed by atoms with Gasteiger partial charge in [0.05, 0.1) is 22.2 Å². The fourth-order valence-electron chi connectivity index (χ4n) is 2.82. The van der Waals surface area contributed by atoms with Gasteiger partial charge in [0, 0.05) is 18.2 Å². The highest BCUT2D eigenvalue weighted by atomic mass is 35.5. The van der Waals surface area contributed by atoms with Crippen LogP contribution in [0.2, 0.25) is 0 Å². The molecule has 7 nitrogen and oxygen atoms in total. The molecule has 2 fully saturated rings. The maximum atomic E-state index is 13.7. The van der Waals surface area contributed by atoms with Crippen molar-refractivity contribution in [3.05, 3.63) is 28.4 Å². The van der Waals surface area contributed by atoms with Gasteiger partial charge in [-0.2, -0.15) is 0 Å². The van der Waals surface area contributed by atoms with Crippen LogP contribution in [0.4, 0.5) is 18.9 Å². The molecule has 2 saturated heterocycles. The summed E-state index contributed by atoms with van der Waals surface area (Å²) in [6, 6.07) is 0.809. The number of nitrogens with zero attached hydrogens (tertiary/aromatic N) is 1. The van der Waals surface area contributed by atoms with Crippen molar-refractivity contribution >= 4 is 35.0 Å². The second-order valence-electron chi connectivity index (χ2n) is 5.84. The first kappa shape index (κ1) is 19.5. The zero-order valence-electron chi connectivity index (χ0n) is 13.3. The number of hydrazine groups is 1. The van der Waals surface area contributed by atoms with Gasteiger partial charge >= 0.3 is 0 Å². The number of pyridine rings is 1. The third-order valence-electron chi connectivity index (χ3n) is 4.02. The molecule has 0 aromatic carbocycles. The summed E-state index contributed by atoms with van der Waals surface area (Å²) in [7, 11) is 0. The highest BCUT2D eigenvalue weighted by Gasteiger charge is 2.43. The highest BCUT2D eigenvalue weighted by Crippen LogP contribution is 2.43. The van der Waals surface area contributed by atoms with Gasteiger partial charge < -0.3 is 14.6 Å². The fourth-order valence-corrected chi connectivity index (χ4v) is 4.71. The topological polar surface area (TPSA) is 84.4 Å². The molecule has 4 atom stereocenters. The van der Waals surface area contributed by atoms with Crippen molar-refractivity contribution in [3.63, 3.8) is 0 Å². The van der Waals surface area contributed by atoms with Gasteiger partial charge in [0.2, 0.25) is 5.91 Å². The molecule has 1 aromatic rings. The normalized spacial score (nSPS) is 28.7. The lowest BCUT2D eigenvalue weighted by molar-refractivity contribution is -0.116. The Hall–Kier alpha value is -1.27. The molecule has 3 rings (SSSR count). The first-order chi connectivity index (χ1) is 12.3. The molecule has 1 aromatic heterocycles. The average molecular weight is 413 g/mol. The first-order valence-electron chi connectivity index (χ1n) is 7.73. The summed E-state index contributed by atoms with van der Waals surface area (Å²) in [5.41, 5.74) is 4.49. The number of amides is 1. The van der Waals surface area contributed by atoms with Crippen molar-refractivity contribution in [2.45, 2.75) is 35.6 Å². The lowest BCUT2D eigenvalue weighted by atomic mass is 10.0. The molecular formula is C14H16ClF3N4O3S. The Labute approximate surface area is 155 Å². The van der Waals surface area contributed by atoms with Crippen LogP contribution in [0.5, 0.6) is 0 Å². The number of anilines is 1. The molecule has 1 amide bonds. The lowest BCUT2D eigenvalue weighted by Gasteiger charge is -2.18. The summed E-state index contributed by atoms with van der Waals surface area (Å²) >= 11 is 7.51. The highest BCUT2D eigenvalue weighted by molar-refractivity contribution is 8.02. The molecule has 0 radical (unpaired) electrons. The van der Waals surface area contributed by atoms with E-state index in [4.69, 9.17) is 16.3 Å². The van der Waals surface area contributed by atoms with Gasteiger partial charge in [0.1, 0.15) is 13.0 Å². The standard InChI is InChI=1S/C14H16ClF3N4O3S/c15-11-7(13-21-19-5-25-13)2-9(26-11)12(23)20-6-1-8(16)14(24)22(3-6)4-10(17)18/h1,3,7,9-11,13,19,21H,2,4-5H2,(H,20,23). The molecule has 2 aliphatic rings. The number of nitrogens with one attached hydrogen (secondary N) is 3. The third-order valence-corrected chi connectivity index (χ3v) is 6.00. The predicted octanol–water partition coefficient (Wildman–Crippen LogP) is 1.29. The van der Waals surface area contributed by atoms with E-state index in [2.05, 4.69) is 16.2 Å². The van der Waals surface area contributed by atoms with E-state index in [-0.39, 0.29) is 22.5 Å². The number of carbonyl (C=O) groups excluding carboxylic acids is 1. The molecule has 0 spiro atoms. The Morgan fingerprint density at radius 1 is 1.54 bits per heavy atom. The van der Waals surface area contributed by atoms with Crippen LogP contribution < -0.4 is 21.7 Å². The zero-order chi connectivity index (χ0) is 18.8. The number of carbonyl (C=O) groups is 1. The zero-order valence-corrected chi connectivity index (χ0v) is 14.8. The van der Waals surface area contributed by atoms with Crippen molar-refractivity contribution in [3.8, 4) is 0 Å². The second kappa shape index (κ2) is 8.17. The number of rotatable bonds is 5. The van der Waals surface area contributed by atoms with Gasteiger partial charge in [-0.15, -0.1) is 23.4 Å². The van der Waals surface area contributed by atoms with Gasteiger partial charge in [0.15, 0.2) is 5.82 Å². The molecule has 26 heavy (non-hydrogen) atoms. The van der Waals surface area contributed by atoms with Crippen LogP contribution in [-0.4, -0.2) is 39.8 Å². The largest absolute Gasteiger partial charge is 0.345 e. The molecule has 2 aliphatic heterocycles. The Balaban J connectivity index is 1.68. The summed E-state index contributed by atoms with van der Waals surface area (Å²) in [4.78, 5) is 24.0. The van der Waals surface area contributed by atoms with Gasteiger partial charge in [-0.3, -0.25) is 9.59 Å². The molecule has 3 heterocycles. The van der Waals surface area contributed by atoms with Gasteiger partial charge in [-0.05, 0) is 6.42 Å². The predicted molar refractivity (Wildman–Crippen MR) is 90.4 cm³/mol. The van der Waals surface area contributed by atoms with Crippen molar-refractivity contribution in [2.24, 2.45) is 5.92 Å². The Bertz CT molecular complexity index is 732. The summed E-state index contributed by atoms with van der Waals surface area (Å²) in [5.74, 6) is -1.79. The molecule has 12 heteroatoms. The second-order valence-corrected chi connectivity index (χ2v) is 7.92. The van der Waals surface area contributed by atoms with E-state index in [1.165, 1.54) is 11.8 Å². The molecule has 144 valence electrons. The van der Waals surface area contributed by atoms with E-state index in [9.17, 15) is 22.8 Å². The van der Waals surface area contributed by atoms with E-state index in [1.807, 2.05) is 0 Å². The van der Waals surface area contributed by atoms with E-state index >= 15 is 0 Å². The number of thioether (sulfide) groups is 1. The van der Waals surface area contributed by atoms with Crippen molar-refractivity contribution in [2.75, 3.05) is 12.0 Å². The lowest BCUT2D eigenvalue weighted by Crippen LogP contribution is -2.38. The van der Waals surface area contributed by atoms with Gasteiger partial charge in [-0.25, -0.2) is 24.0 Å². The van der Waals surface area contributed by atoms with E-state index in [0.717, 1.165) is 12.3 Å². The molecule has 0 saturated carbocycles. The fraction of sp³-hybridized carbons (Fsp3) is 0.571. The number of hydrogen-bond donors (Lipinski definition) is 3. The number of aromatic nitrogens is 1. The Morgan fingerprint density at radius 2 is 2.31 bits per heavy atom. The minimum absolute atomic E-state index is 0.0696. The van der Waals surface area contributed by atoms with Crippen LogP contribution >= 0.6 is 23.4 Å². The monoisotopic (exact) mass is 412 g/mol. The van der Waals surface area contributed by atoms with Crippen LogP contribution in [0.3, 0.4) is 0 Å². The maximum absolute atomic E-state index is 13.7. The molecule has 3 N–H and O–H groups in total. The molecular weight excluding hydrogens is 397 g/mol. The minimum Gasteiger partial charge on any atom is -0.345 e. The minimum atomic E-state index is -2.83. The summed E-state index contributed by atoms with van der Waals surface area (Å²) < 4.78 is 44.2. The van der Waals surface area contributed by atoms with Crippen molar-refractivity contribution in [1.29, 1.82) is 0 Å². The van der Waals surface area contributed by atoms with E-state index in [0.29, 0.717) is 17.7 Å². The number of ether oxygens (including phenoxy) is 1. The summed E-state index contributed by atoms with van der Waals surface area (Å²) in [6.45, 7) is -0.627. The van der Waals surface area contributed by atoms with Crippen LogP contribution in [0.25, 0.3) is 0 Å². The SMILES string of the molecule is O=C(Nc1cc(F)c(=O)n(CC(F)F)c1)C1CC(C2NNCO2)C(Cl)S1. The van der Waals surface area contributed by atoms with Gasteiger partial charge in [-0.1, -0.05) is 0 Å². The number of halogens is 4. The molecule has 0 aliphatic carbocycles. The van der Waals surface area contributed by atoms with Crippen LogP contribution in [0.1, 0.15) is 6.42 Å². The van der Waals surface area contributed by atoms with Crippen molar-refractivity contribution < 1.29 is 22.7 Å². The number of hydrogen-bond acceptors (Lipinski definition) is 6. The smallest absolute Gasteiger partial charge is 0.286 e. The quantitative estimate of drug-likeness (QED) is 0.632. The summed E-state index contributed by atoms with van der Waals surface area (Å²) in [5, 5.41) is 1.94. The van der Waals surface area contributed by atoms with Crippen LogP contribution in [-0.2, 0) is 16.1 Å². The van der Waals surface area contributed by atoms with E-state index in [1.54, 1.807) is 0 Å². The average Bonchev–Trinajstić information content (AvgIpc) is 3.20. The first-order valence-corrected chi connectivity index (χ1v) is 9.11. The van der Waals surface area contributed by atoms with Crippen LogP contribution in [0.15, 0.2) is 17.1 Å². The van der Waals surface area contributed by atoms with Gasteiger partial charge in [0.25, 0.3) is 12.0 Å². The van der Waals surface area contributed by atoms with E-state index < -0.39 is 35.5 Å². The maximum Gasteiger partial charge on any atom is 0.286 e. The Kier molecular flexibility index (Phi) is 6.13. The number of alkyl halides is 3. The molecule has 4 unspecified atom stereocenters.